The summed E-state index contributed by atoms with van der Waals surface area (Å²) in [6, 6.07) is 2.61. The van der Waals surface area contributed by atoms with Gasteiger partial charge in [-0.25, -0.2) is 17.9 Å². The molecule has 0 aliphatic rings. The standard InChI is InChI=1S/C5H4ClNO4S2/c6-3-1-2-4(12-3)13(10,11)7-5(8)9/h1-2,7H,(H,8,9). The van der Waals surface area contributed by atoms with Gasteiger partial charge in [-0.3, -0.25) is 0 Å². The van der Waals surface area contributed by atoms with Crippen molar-refractivity contribution in [2.75, 3.05) is 0 Å². The third kappa shape index (κ3) is 2.58. The quantitative estimate of drug-likeness (QED) is 0.819. The lowest BCUT2D eigenvalue weighted by molar-refractivity contribution is 0.201. The monoisotopic (exact) mass is 241 g/mol. The first-order chi connectivity index (χ1) is 5.92. The Kier molecular flexibility index (Phi) is 2.79. The fourth-order valence-electron chi connectivity index (χ4n) is 0.607. The van der Waals surface area contributed by atoms with Gasteiger partial charge >= 0.3 is 6.09 Å². The molecular formula is C5H4ClNO4S2. The number of thiophene rings is 1. The van der Waals surface area contributed by atoms with Crippen LogP contribution in [0.3, 0.4) is 0 Å². The van der Waals surface area contributed by atoms with Crippen LogP contribution in [0.1, 0.15) is 0 Å². The van der Waals surface area contributed by atoms with E-state index in [9.17, 15) is 13.2 Å². The van der Waals surface area contributed by atoms with E-state index in [1.165, 1.54) is 16.9 Å². The van der Waals surface area contributed by atoms with Crippen LogP contribution in [-0.4, -0.2) is 19.6 Å². The van der Waals surface area contributed by atoms with Gasteiger partial charge in [0.15, 0.2) is 0 Å². The SMILES string of the molecule is O=C(O)NS(=O)(=O)c1ccc(Cl)s1. The van der Waals surface area contributed by atoms with Crippen LogP contribution in [0.5, 0.6) is 0 Å². The molecule has 0 atom stereocenters. The van der Waals surface area contributed by atoms with Crippen molar-refractivity contribution in [1.82, 2.24) is 4.72 Å². The number of carboxylic acid groups (broad SMARTS) is 1. The summed E-state index contributed by atoms with van der Waals surface area (Å²) in [5.74, 6) is 0. The predicted octanol–water partition coefficient (Wildman–Crippen LogP) is 1.36. The third-order valence-electron chi connectivity index (χ3n) is 1.04. The number of hydrogen-bond donors (Lipinski definition) is 2. The summed E-state index contributed by atoms with van der Waals surface area (Å²) in [4.78, 5) is 10.1. The van der Waals surface area contributed by atoms with Gasteiger partial charge in [0.1, 0.15) is 4.21 Å². The van der Waals surface area contributed by atoms with Gasteiger partial charge in [-0.2, -0.15) is 0 Å². The maximum Gasteiger partial charge on any atom is 0.418 e. The van der Waals surface area contributed by atoms with Crippen LogP contribution in [0.15, 0.2) is 16.3 Å². The second kappa shape index (κ2) is 3.52. The summed E-state index contributed by atoms with van der Waals surface area (Å²) in [6.07, 6.45) is -1.62. The Labute approximate surface area is 83.0 Å². The Morgan fingerprint density at radius 1 is 1.54 bits per heavy atom. The van der Waals surface area contributed by atoms with Crippen LogP contribution in [-0.2, 0) is 10.0 Å². The smallest absolute Gasteiger partial charge is 0.418 e. The van der Waals surface area contributed by atoms with Crippen molar-refractivity contribution in [3.05, 3.63) is 16.5 Å². The molecule has 1 aromatic rings. The van der Waals surface area contributed by atoms with Crippen LogP contribution < -0.4 is 4.72 Å². The van der Waals surface area contributed by atoms with Gasteiger partial charge in [0, 0.05) is 0 Å². The first kappa shape index (κ1) is 10.3. The minimum absolute atomic E-state index is 0.125. The topological polar surface area (TPSA) is 83.5 Å². The molecule has 72 valence electrons. The number of rotatable bonds is 2. The van der Waals surface area contributed by atoms with E-state index >= 15 is 0 Å². The van der Waals surface area contributed by atoms with Crippen LogP contribution in [0.25, 0.3) is 0 Å². The zero-order valence-electron chi connectivity index (χ0n) is 6.02. The molecule has 0 radical (unpaired) electrons. The normalized spacial score (nSPS) is 11.2. The molecule has 1 amide bonds. The number of amides is 1. The Morgan fingerprint density at radius 2 is 2.15 bits per heavy atom. The van der Waals surface area contributed by atoms with Crippen molar-refractivity contribution in [2.24, 2.45) is 0 Å². The largest absolute Gasteiger partial charge is 0.464 e. The van der Waals surface area contributed by atoms with Crippen LogP contribution in [0.2, 0.25) is 4.34 Å². The van der Waals surface area contributed by atoms with Crippen molar-refractivity contribution >= 4 is 39.1 Å². The summed E-state index contributed by atoms with van der Waals surface area (Å²) in [5, 5.41) is 8.20. The highest BCUT2D eigenvalue weighted by Crippen LogP contribution is 2.25. The van der Waals surface area contributed by atoms with E-state index in [-0.39, 0.29) is 8.55 Å². The second-order valence-electron chi connectivity index (χ2n) is 1.97. The van der Waals surface area contributed by atoms with Crippen LogP contribution in [0.4, 0.5) is 4.79 Å². The molecule has 0 fully saturated rings. The van der Waals surface area contributed by atoms with E-state index in [1.54, 1.807) is 0 Å². The van der Waals surface area contributed by atoms with E-state index in [4.69, 9.17) is 16.7 Å². The minimum atomic E-state index is -3.95. The lowest BCUT2D eigenvalue weighted by atomic mass is 10.7. The molecule has 1 heterocycles. The molecule has 13 heavy (non-hydrogen) atoms. The van der Waals surface area contributed by atoms with Crippen molar-refractivity contribution in [3.63, 3.8) is 0 Å². The van der Waals surface area contributed by atoms with Gasteiger partial charge in [-0.15, -0.1) is 11.3 Å². The van der Waals surface area contributed by atoms with E-state index in [0.29, 0.717) is 0 Å². The summed E-state index contributed by atoms with van der Waals surface area (Å²) in [6.45, 7) is 0. The van der Waals surface area contributed by atoms with Crippen LogP contribution >= 0.6 is 22.9 Å². The Morgan fingerprint density at radius 3 is 2.54 bits per heavy atom. The highest BCUT2D eigenvalue weighted by Gasteiger charge is 2.18. The Balaban J connectivity index is 3.01. The number of hydrogen-bond acceptors (Lipinski definition) is 4. The first-order valence-electron chi connectivity index (χ1n) is 2.93. The molecule has 5 nitrogen and oxygen atoms in total. The van der Waals surface area contributed by atoms with Crippen molar-refractivity contribution in [3.8, 4) is 0 Å². The van der Waals surface area contributed by atoms with Gasteiger partial charge in [-0.1, -0.05) is 11.6 Å². The fraction of sp³-hybridized carbons (Fsp3) is 0. The molecule has 0 aromatic carbocycles. The maximum absolute atomic E-state index is 11.1. The van der Waals surface area contributed by atoms with E-state index < -0.39 is 16.1 Å². The summed E-state index contributed by atoms with van der Waals surface area (Å²) in [5.41, 5.74) is 0. The van der Waals surface area contributed by atoms with Gasteiger partial charge in [-0.05, 0) is 12.1 Å². The zero-order valence-corrected chi connectivity index (χ0v) is 8.41. The Bertz CT molecular complexity index is 423. The average molecular weight is 242 g/mol. The van der Waals surface area contributed by atoms with E-state index in [2.05, 4.69) is 0 Å². The molecule has 0 aliphatic heterocycles. The maximum atomic E-state index is 11.1. The number of nitrogens with one attached hydrogen (secondary N) is 1. The van der Waals surface area contributed by atoms with Crippen LogP contribution in [0, 0.1) is 0 Å². The molecule has 8 heteroatoms. The molecule has 0 aliphatic carbocycles. The third-order valence-corrected chi connectivity index (χ3v) is 4.08. The van der Waals surface area contributed by atoms with Gasteiger partial charge in [0.2, 0.25) is 0 Å². The fourth-order valence-corrected chi connectivity index (χ4v) is 2.93. The first-order valence-corrected chi connectivity index (χ1v) is 5.60. The lowest BCUT2D eigenvalue weighted by Gasteiger charge is -1.98. The molecule has 0 bridgehead atoms. The predicted molar refractivity (Wildman–Crippen MR) is 47.7 cm³/mol. The van der Waals surface area contributed by atoms with Crippen molar-refractivity contribution < 1.29 is 18.3 Å². The average Bonchev–Trinajstić information content (AvgIpc) is 2.32. The van der Waals surface area contributed by atoms with Gasteiger partial charge < -0.3 is 5.11 Å². The number of halogens is 1. The van der Waals surface area contributed by atoms with E-state index in [0.717, 1.165) is 11.3 Å². The molecule has 0 saturated carbocycles. The van der Waals surface area contributed by atoms with E-state index in [1.807, 2.05) is 0 Å². The molecule has 2 N–H and O–H groups in total. The van der Waals surface area contributed by atoms with Crippen molar-refractivity contribution in [1.29, 1.82) is 0 Å². The second-order valence-corrected chi connectivity index (χ2v) is 5.59. The molecule has 0 spiro atoms. The van der Waals surface area contributed by atoms with Gasteiger partial charge in [0.05, 0.1) is 4.34 Å². The molecule has 1 rings (SSSR count). The molecule has 0 unspecified atom stereocenters. The summed E-state index contributed by atoms with van der Waals surface area (Å²) < 4.78 is 23.8. The molecule has 1 aromatic heterocycles. The number of carbonyl (C=O) groups is 1. The highest BCUT2D eigenvalue weighted by atomic mass is 35.5. The molecule has 0 saturated heterocycles. The lowest BCUT2D eigenvalue weighted by Crippen LogP contribution is -2.28. The van der Waals surface area contributed by atoms with Crippen molar-refractivity contribution in [2.45, 2.75) is 4.21 Å². The summed E-state index contributed by atoms with van der Waals surface area (Å²) >= 11 is 6.27. The van der Waals surface area contributed by atoms with Gasteiger partial charge in [0.25, 0.3) is 10.0 Å². The Hall–Kier alpha value is -0.790. The summed E-state index contributed by atoms with van der Waals surface area (Å²) in [7, 11) is -3.95. The molecular weight excluding hydrogens is 238 g/mol. The highest BCUT2D eigenvalue weighted by molar-refractivity contribution is 7.92. The zero-order chi connectivity index (χ0) is 10.1. The number of sulfonamides is 1. The minimum Gasteiger partial charge on any atom is -0.464 e.